The van der Waals surface area contributed by atoms with Crippen LogP contribution >= 0.6 is 0 Å². The third-order valence-corrected chi connectivity index (χ3v) is 5.11. The summed E-state index contributed by atoms with van der Waals surface area (Å²) in [5.41, 5.74) is 2.98. The molecule has 1 saturated carbocycles. The van der Waals surface area contributed by atoms with Crippen LogP contribution in [0.2, 0.25) is 0 Å². The van der Waals surface area contributed by atoms with E-state index in [9.17, 15) is 4.79 Å². The van der Waals surface area contributed by atoms with Crippen molar-refractivity contribution in [3.63, 3.8) is 0 Å². The van der Waals surface area contributed by atoms with Crippen molar-refractivity contribution in [2.24, 2.45) is 13.0 Å². The van der Waals surface area contributed by atoms with E-state index in [0.717, 1.165) is 23.9 Å². The number of nitrogens with zero attached hydrogens (tertiary/aromatic N) is 1. The number of esters is 1. The predicted molar refractivity (Wildman–Crippen MR) is 84.4 cm³/mol. The van der Waals surface area contributed by atoms with Crippen molar-refractivity contribution in [3.8, 4) is 0 Å². The normalized spacial score (nSPS) is 25.9. The Balaban J connectivity index is 2.05. The summed E-state index contributed by atoms with van der Waals surface area (Å²) < 4.78 is 6.92. The molecule has 0 spiro atoms. The summed E-state index contributed by atoms with van der Waals surface area (Å²) in [5, 5.41) is 3.70. The minimum Gasteiger partial charge on any atom is -0.465 e. The number of carbonyl (C=O) groups is 1. The summed E-state index contributed by atoms with van der Waals surface area (Å²) in [5.74, 6) is 0.593. The molecule has 1 fully saturated rings. The molecule has 0 atom stereocenters. The lowest BCUT2D eigenvalue weighted by atomic mass is 9.78. The van der Waals surface area contributed by atoms with E-state index in [1.165, 1.54) is 32.8 Å². The standard InChI is InChI=1S/C17H28N2O2/c1-12-6-8-17(3,9-7-12)18-11-14-10-15(16(20)21-5)13(2)19(14)4/h10,12,18H,6-9,11H2,1-5H3. The average Bonchev–Trinajstić information content (AvgIpc) is 2.76. The van der Waals surface area contributed by atoms with Gasteiger partial charge >= 0.3 is 5.97 Å². The molecular formula is C17H28N2O2. The molecular weight excluding hydrogens is 264 g/mol. The molecule has 118 valence electrons. The van der Waals surface area contributed by atoms with Gasteiger partial charge < -0.3 is 14.6 Å². The molecule has 0 amide bonds. The Labute approximate surface area is 127 Å². The van der Waals surface area contributed by atoms with E-state index >= 15 is 0 Å². The van der Waals surface area contributed by atoms with E-state index in [2.05, 4.69) is 23.7 Å². The Morgan fingerprint density at radius 2 is 2.10 bits per heavy atom. The van der Waals surface area contributed by atoms with Gasteiger partial charge in [-0.1, -0.05) is 6.92 Å². The third-order valence-electron chi connectivity index (χ3n) is 5.11. The summed E-state index contributed by atoms with van der Waals surface area (Å²) in [6.07, 6.45) is 5.04. The zero-order chi connectivity index (χ0) is 15.6. The Morgan fingerprint density at radius 3 is 2.67 bits per heavy atom. The van der Waals surface area contributed by atoms with E-state index in [1.807, 2.05) is 20.0 Å². The number of rotatable bonds is 4. The zero-order valence-corrected chi connectivity index (χ0v) is 14.0. The number of carbonyl (C=O) groups excluding carboxylic acids is 1. The molecule has 1 aliphatic carbocycles. The van der Waals surface area contributed by atoms with Crippen LogP contribution in [-0.2, 0) is 18.3 Å². The van der Waals surface area contributed by atoms with E-state index in [-0.39, 0.29) is 11.5 Å². The quantitative estimate of drug-likeness (QED) is 0.867. The van der Waals surface area contributed by atoms with Crippen molar-refractivity contribution >= 4 is 5.97 Å². The van der Waals surface area contributed by atoms with Crippen LogP contribution in [0.15, 0.2) is 6.07 Å². The van der Waals surface area contributed by atoms with Gasteiger partial charge in [-0.3, -0.25) is 0 Å². The lowest BCUT2D eigenvalue weighted by Gasteiger charge is -2.37. The summed E-state index contributed by atoms with van der Waals surface area (Å²) in [6, 6.07) is 1.95. The largest absolute Gasteiger partial charge is 0.465 e. The fourth-order valence-corrected chi connectivity index (χ4v) is 3.13. The van der Waals surface area contributed by atoms with Crippen LogP contribution in [0.25, 0.3) is 0 Å². The highest BCUT2D eigenvalue weighted by molar-refractivity contribution is 5.91. The SMILES string of the molecule is COC(=O)c1cc(CNC2(C)CCC(C)CC2)n(C)c1C. The zero-order valence-electron chi connectivity index (χ0n) is 14.0. The number of ether oxygens (including phenoxy) is 1. The van der Waals surface area contributed by atoms with Gasteiger partial charge in [-0.05, 0) is 51.5 Å². The van der Waals surface area contributed by atoms with Crippen molar-refractivity contribution in [3.05, 3.63) is 23.0 Å². The third kappa shape index (κ3) is 3.49. The second kappa shape index (κ2) is 6.22. The van der Waals surface area contributed by atoms with Gasteiger partial charge in [0.2, 0.25) is 0 Å². The van der Waals surface area contributed by atoms with Gasteiger partial charge in [0.25, 0.3) is 0 Å². The van der Waals surface area contributed by atoms with Crippen LogP contribution in [0.3, 0.4) is 0 Å². The fourth-order valence-electron chi connectivity index (χ4n) is 3.13. The molecule has 2 rings (SSSR count). The van der Waals surface area contributed by atoms with Crippen molar-refractivity contribution < 1.29 is 9.53 Å². The van der Waals surface area contributed by atoms with Gasteiger partial charge in [0.05, 0.1) is 12.7 Å². The van der Waals surface area contributed by atoms with Crippen LogP contribution in [-0.4, -0.2) is 23.2 Å². The molecule has 1 N–H and O–H groups in total. The topological polar surface area (TPSA) is 43.3 Å². The van der Waals surface area contributed by atoms with Gasteiger partial charge in [-0.15, -0.1) is 0 Å². The maximum absolute atomic E-state index is 11.7. The number of methoxy groups -OCH3 is 1. The maximum atomic E-state index is 11.7. The summed E-state index contributed by atoms with van der Waals surface area (Å²) in [7, 11) is 3.43. The van der Waals surface area contributed by atoms with Gasteiger partial charge in [-0.25, -0.2) is 4.79 Å². The van der Waals surface area contributed by atoms with Crippen LogP contribution in [0.1, 0.15) is 61.3 Å². The molecule has 1 heterocycles. The highest BCUT2D eigenvalue weighted by Gasteiger charge is 2.29. The molecule has 0 unspecified atom stereocenters. The predicted octanol–water partition coefficient (Wildman–Crippen LogP) is 3.18. The second-order valence-corrected chi connectivity index (χ2v) is 6.78. The number of hydrogen-bond acceptors (Lipinski definition) is 3. The molecule has 0 saturated heterocycles. The molecule has 21 heavy (non-hydrogen) atoms. The Hall–Kier alpha value is -1.29. The van der Waals surface area contributed by atoms with Gasteiger partial charge in [0.1, 0.15) is 0 Å². The summed E-state index contributed by atoms with van der Waals surface area (Å²) >= 11 is 0. The van der Waals surface area contributed by atoms with Crippen molar-refractivity contribution in [1.29, 1.82) is 0 Å². The van der Waals surface area contributed by atoms with Crippen molar-refractivity contribution in [1.82, 2.24) is 9.88 Å². The average molecular weight is 292 g/mol. The highest BCUT2D eigenvalue weighted by atomic mass is 16.5. The Kier molecular flexibility index (Phi) is 4.77. The first-order chi connectivity index (χ1) is 9.86. The fraction of sp³-hybridized carbons (Fsp3) is 0.706. The highest BCUT2D eigenvalue weighted by Crippen LogP contribution is 2.31. The molecule has 0 aromatic carbocycles. The first-order valence-corrected chi connectivity index (χ1v) is 7.85. The second-order valence-electron chi connectivity index (χ2n) is 6.78. The molecule has 0 aliphatic heterocycles. The molecule has 4 heteroatoms. The lowest BCUT2D eigenvalue weighted by molar-refractivity contribution is 0.0600. The molecule has 1 aromatic heterocycles. The minimum atomic E-state index is -0.257. The summed E-state index contributed by atoms with van der Waals surface area (Å²) in [6.45, 7) is 7.40. The van der Waals surface area contributed by atoms with Crippen LogP contribution < -0.4 is 5.32 Å². The molecule has 1 aromatic rings. The van der Waals surface area contributed by atoms with E-state index in [4.69, 9.17) is 4.74 Å². The molecule has 1 aliphatic rings. The van der Waals surface area contributed by atoms with Crippen LogP contribution in [0.5, 0.6) is 0 Å². The van der Waals surface area contributed by atoms with Gasteiger partial charge in [0.15, 0.2) is 0 Å². The van der Waals surface area contributed by atoms with Crippen molar-refractivity contribution in [2.45, 2.75) is 58.5 Å². The Bertz CT molecular complexity index is 511. The first kappa shape index (κ1) is 16.1. The van der Waals surface area contributed by atoms with E-state index in [0.29, 0.717) is 5.56 Å². The molecule has 0 radical (unpaired) electrons. The smallest absolute Gasteiger partial charge is 0.339 e. The summed E-state index contributed by atoms with van der Waals surface area (Å²) in [4.78, 5) is 11.7. The lowest BCUT2D eigenvalue weighted by Crippen LogP contribution is -2.44. The van der Waals surface area contributed by atoms with Crippen LogP contribution in [0.4, 0.5) is 0 Å². The molecule has 4 nitrogen and oxygen atoms in total. The van der Waals surface area contributed by atoms with Gasteiger partial charge in [0, 0.05) is 30.5 Å². The monoisotopic (exact) mass is 292 g/mol. The van der Waals surface area contributed by atoms with Crippen molar-refractivity contribution in [2.75, 3.05) is 7.11 Å². The first-order valence-electron chi connectivity index (χ1n) is 7.85. The number of nitrogens with one attached hydrogen (secondary N) is 1. The Morgan fingerprint density at radius 1 is 1.48 bits per heavy atom. The number of hydrogen-bond donors (Lipinski definition) is 1. The van der Waals surface area contributed by atoms with Gasteiger partial charge in [-0.2, -0.15) is 0 Å². The van der Waals surface area contributed by atoms with E-state index in [1.54, 1.807) is 0 Å². The van der Waals surface area contributed by atoms with E-state index < -0.39 is 0 Å². The maximum Gasteiger partial charge on any atom is 0.339 e. The minimum absolute atomic E-state index is 0.218. The number of aromatic nitrogens is 1. The van der Waals surface area contributed by atoms with Crippen LogP contribution in [0, 0.1) is 12.8 Å². The molecule has 0 bridgehead atoms.